The third kappa shape index (κ3) is 7.95. The Balaban J connectivity index is 2.83. The maximum atomic E-state index is 5.37. The molecule has 0 fully saturated rings. The summed E-state index contributed by atoms with van der Waals surface area (Å²) in [5.74, 6) is 0.549. The number of rotatable bonds is 6. The summed E-state index contributed by atoms with van der Waals surface area (Å²) < 4.78 is 9.88. The second-order valence-electron chi connectivity index (χ2n) is 1.69. The number of allylic oxidation sites excluding steroid dienone is 1. The second kappa shape index (κ2) is 8.95. The molecule has 0 aromatic rings. The Morgan fingerprint density at radius 2 is 2.10 bits per heavy atom. The van der Waals surface area contributed by atoms with Crippen LogP contribution in [0.2, 0.25) is 0 Å². The van der Waals surface area contributed by atoms with Crippen LogP contribution in [0.15, 0.2) is 12.2 Å². The Hall–Kier alpha value is -0.0500. The lowest BCUT2D eigenvalue weighted by atomic mass is 10.5. The minimum absolute atomic E-state index is 0.549. The Bertz CT molecular complexity index is 83.7. The van der Waals surface area contributed by atoms with E-state index in [1.165, 1.54) is 0 Å². The Morgan fingerprint density at radius 3 is 2.70 bits per heavy atom. The molecule has 0 aromatic heterocycles. The zero-order chi connectivity index (χ0) is 7.66. The van der Waals surface area contributed by atoms with Crippen LogP contribution < -0.4 is 0 Å². The average Bonchev–Trinajstić information content (AvgIpc) is 1.97. The maximum absolute atomic E-state index is 5.37. The number of ether oxygens (including phenoxy) is 2. The molecule has 0 unspecified atom stereocenters. The van der Waals surface area contributed by atoms with Gasteiger partial charge in [-0.15, -0.1) is 11.6 Å². The lowest BCUT2D eigenvalue weighted by Crippen LogP contribution is -2.01. The van der Waals surface area contributed by atoms with E-state index in [0.717, 1.165) is 0 Å². The van der Waals surface area contributed by atoms with Gasteiger partial charge >= 0.3 is 0 Å². The van der Waals surface area contributed by atoms with Crippen molar-refractivity contribution in [2.24, 2.45) is 0 Å². The van der Waals surface area contributed by atoms with E-state index in [9.17, 15) is 0 Å². The summed E-state index contributed by atoms with van der Waals surface area (Å²) in [6.07, 6.45) is 3.75. The predicted molar refractivity (Wildman–Crippen MR) is 42.6 cm³/mol. The van der Waals surface area contributed by atoms with Gasteiger partial charge in [0.15, 0.2) is 0 Å². The smallest absolute Gasteiger partial charge is 0.0704 e. The molecule has 0 atom stereocenters. The molecule has 60 valence electrons. The molecule has 2 nitrogen and oxygen atoms in total. The highest BCUT2D eigenvalue weighted by Gasteiger charge is 1.81. The average molecular weight is 165 g/mol. The molecule has 0 saturated heterocycles. The summed E-state index contributed by atoms with van der Waals surface area (Å²) in [4.78, 5) is 0. The van der Waals surface area contributed by atoms with E-state index in [2.05, 4.69) is 0 Å². The zero-order valence-electron chi connectivity index (χ0n) is 6.18. The van der Waals surface area contributed by atoms with E-state index in [1.54, 1.807) is 7.11 Å². The molecule has 0 heterocycles. The van der Waals surface area contributed by atoms with Gasteiger partial charge in [0.2, 0.25) is 0 Å². The molecule has 0 saturated carbocycles. The number of hydrogen-bond donors (Lipinski definition) is 0. The van der Waals surface area contributed by atoms with E-state index in [4.69, 9.17) is 21.1 Å². The highest BCUT2D eigenvalue weighted by atomic mass is 35.5. The largest absolute Gasteiger partial charge is 0.382 e. The van der Waals surface area contributed by atoms with Crippen LogP contribution >= 0.6 is 11.6 Å². The standard InChI is InChI=1S/C7H13ClO2/c1-9-6-7-10-5-3-2-4-8/h2-3H,4-7H2,1H3. The van der Waals surface area contributed by atoms with Crippen LogP contribution in [0.3, 0.4) is 0 Å². The topological polar surface area (TPSA) is 18.5 Å². The van der Waals surface area contributed by atoms with E-state index in [-0.39, 0.29) is 0 Å². The molecule has 0 aromatic carbocycles. The van der Waals surface area contributed by atoms with Crippen LogP contribution in [0, 0.1) is 0 Å². The van der Waals surface area contributed by atoms with Gasteiger partial charge in [-0.1, -0.05) is 12.2 Å². The minimum Gasteiger partial charge on any atom is -0.382 e. The van der Waals surface area contributed by atoms with Crippen LogP contribution in [-0.4, -0.2) is 32.8 Å². The first kappa shape index (κ1) is 9.95. The third-order valence-electron chi connectivity index (χ3n) is 0.902. The maximum Gasteiger partial charge on any atom is 0.0704 e. The SMILES string of the molecule is COCCOCC=CCCl. The molecule has 0 N–H and O–H groups in total. The van der Waals surface area contributed by atoms with Gasteiger partial charge in [-0.25, -0.2) is 0 Å². The van der Waals surface area contributed by atoms with Gasteiger partial charge in [0, 0.05) is 13.0 Å². The predicted octanol–water partition coefficient (Wildman–Crippen LogP) is 1.44. The fourth-order valence-corrected chi connectivity index (χ4v) is 0.551. The quantitative estimate of drug-likeness (QED) is 0.336. The van der Waals surface area contributed by atoms with Gasteiger partial charge in [-0.05, 0) is 0 Å². The van der Waals surface area contributed by atoms with E-state index < -0.39 is 0 Å². The number of hydrogen-bond acceptors (Lipinski definition) is 2. The van der Waals surface area contributed by atoms with Crippen molar-refractivity contribution in [3.63, 3.8) is 0 Å². The minimum atomic E-state index is 0.549. The molecule has 0 aliphatic rings. The fraction of sp³-hybridized carbons (Fsp3) is 0.714. The Morgan fingerprint density at radius 1 is 1.30 bits per heavy atom. The molecule has 0 radical (unpaired) electrons. The van der Waals surface area contributed by atoms with Crippen molar-refractivity contribution in [3.8, 4) is 0 Å². The van der Waals surface area contributed by atoms with E-state index in [0.29, 0.717) is 25.7 Å². The zero-order valence-corrected chi connectivity index (χ0v) is 6.93. The van der Waals surface area contributed by atoms with Crippen molar-refractivity contribution in [2.45, 2.75) is 0 Å². The molecule has 0 aliphatic carbocycles. The van der Waals surface area contributed by atoms with Crippen molar-refractivity contribution in [3.05, 3.63) is 12.2 Å². The monoisotopic (exact) mass is 164 g/mol. The van der Waals surface area contributed by atoms with Gasteiger partial charge in [0.05, 0.1) is 19.8 Å². The third-order valence-corrected chi connectivity index (χ3v) is 1.08. The first-order chi connectivity index (χ1) is 4.91. The number of methoxy groups -OCH3 is 1. The van der Waals surface area contributed by atoms with E-state index in [1.807, 2.05) is 12.2 Å². The first-order valence-corrected chi connectivity index (χ1v) is 3.73. The summed E-state index contributed by atoms with van der Waals surface area (Å²) in [6, 6.07) is 0. The van der Waals surface area contributed by atoms with Crippen molar-refractivity contribution >= 4 is 11.6 Å². The molecule has 0 amide bonds. The second-order valence-corrected chi connectivity index (χ2v) is 2.00. The normalized spacial score (nSPS) is 11.0. The fourth-order valence-electron chi connectivity index (χ4n) is 0.425. The van der Waals surface area contributed by atoms with Gasteiger partial charge in [-0.3, -0.25) is 0 Å². The van der Waals surface area contributed by atoms with Crippen molar-refractivity contribution in [1.29, 1.82) is 0 Å². The first-order valence-electron chi connectivity index (χ1n) is 3.19. The van der Waals surface area contributed by atoms with Gasteiger partial charge in [-0.2, -0.15) is 0 Å². The van der Waals surface area contributed by atoms with E-state index >= 15 is 0 Å². The summed E-state index contributed by atoms with van der Waals surface area (Å²) in [7, 11) is 1.65. The lowest BCUT2D eigenvalue weighted by molar-refractivity contribution is 0.0853. The molecule has 0 aliphatic heterocycles. The van der Waals surface area contributed by atoms with Crippen LogP contribution in [0.4, 0.5) is 0 Å². The van der Waals surface area contributed by atoms with Gasteiger partial charge in [0.25, 0.3) is 0 Å². The van der Waals surface area contributed by atoms with Crippen LogP contribution in [0.5, 0.6) is 0 Å². The van der Waals surface area contributed by atoms with Gasteiger partial charge < -0.3 is 9.47 Å². The van der Waals surface area contributed by atoms with Crippen molar-refractivity contribution in [1.82, 2.24) is 0 Å². The summed E-state index contributed by atoms with van der Waals surface area (Å²) >= 11 is 5.37. The summed E-state index contributed by atoms with van der Waals surface area (Å²) in [5.41, 5.74) is 0. The lowest BCUT2D eigenvalue weighted by Gasteiger charge is -1.97. The molecule has 10 heavy (non-hydrogen) atoms. The number of alkyl halides is 1. The highest BCUT2D eigenvalue weighted by molar-refractivity contribution is 6.18. The van der Waals surface area contributed by atoms with Crippen molar-refractivity contribution < 1.29 is 9.47 Å². The molecule has 0 rings (SSSR count). The van der Waals surface area contributed by atoms with Gasteiger partial charge in [0.1, 0.15) is 0 Å². The Labute approximate surface area is 66.8 Å². The highest BCUT2D eigenvalue weighted by Crippen LogP contribution is 1.80. The van der Waals surface area contributed by atoms with Crippen molar-refractivity contribution in [2.75, 3.05) is 32.8 Å². The van der Waals surface area contributed by atoms with Crippen LogP contribution in [-0.2, 0) is 9.47 Å². The summed E-state index contributed by atoms with van der Waals surface area (Å²) in [6.45, 7) is 1.91. The molecule has 3 heteroatoms. The number of halogens is 1. The molecular weight excluding hydrogens is 152 g/mol. The Kier molecular flexibility index (Phi) is 8.91. The molecule has 0 spiro atoms. The summed E-state index contributed by atoms with van der Waals surface area (Å²) in [5, 5.41) is 0. The van der Waals surface area contributed by atoms with Crippen LogP contribution in [0.25, 0.3) is 0 Å². The molecule has 0 bridgehead atoms. The molecular formula is C7H13ClO2. The van der Waals surface area contributed by atoms with Crippen LogP contribution in [0.1, 0.15) is 0 Å².